The molecule has 0 spiro atoms. The SMILES string of the molecule is CCc1cnc(CNc2nnc(CNC3CC3)o2)o1. The normalized spacial score (nSPS) is 14.8. The molecule has 0 bridgehead atoms. The molecule has 7 heteroatoms. The van der Waals surface area contributed by atoms with Crippen molar-refractivity contribution in [1.29, 1.82) is 0 Å². The number of nitrogens with zero attached hydrogens (tertiary/aromatic N) is 3. The second-order valence-electron chi connectivity index (χ2n) is 4.58. The molecule has 2 aromatic rings. The van der Waals surface area contributed by atoms with E-state index < -0.39 is 0 Å². The predicted molar refractivity (Wildman–Crippen MR) is 67.4 cm³/mol. The van der Waals surface area contributed by atoms with E-state index in [1.165, 1.54) is 12.8 Å². The summed E-state index contributed by atoms with van der Waals surface area (Å²) < 4.78 is 10.9. The van der Waals surface area contributed by atoms with Crippen LogP contribution in [0.2, 0.25) is 0 Å². The van der Waals surface area contributed by atoms with E-state index in [1.807, 2.05) is 6.92 Å². The monoisotopic (exact) mass is 263 g/mol. The first kappa shape index (κ1) is 12.2. The largest absolute Gasteiger partial charge is 0.444 e. The highest BCUT2D eigenvalue weighted by Crippen LogP contribution is 2.19. The third kappa shape index (κ3) is 3.31. The van der Waals surface area contributed by atoms with Crippen molar-refractivity contribution >= 4 is 6.01 Å². The van der Waals surface area contributed by atoms with Crippen LogP contribution < -0.4 is 10.6 Å². The summed E-state index contributed by atoms with van der Waals surface area (Å²) in [6.45, 7) is 3.09. The lowest BCUT2D eigenvalue weighted by atomic mass is 10.4. The Hall–Kier alpha value is -1.89. The fourth-order valence-electron chi connectivity index (χ4n) is 1.66. The maximum absolute atomic E-state index is 5.47. The van der Waals surface area contributed by atoms with Gasteiger partial charge in [0.1, 0.15) is 5.76 Å². The van der Waals surface area contributed by atoms with Crippen LogP contribution >= 0.6 is 0 Å². The summed E-state index contributed by atoms with van der Waals surface area (Å²) in [5.74, 6) is 2.08. The molecule has 1 fully saturated rings. The van der Waals surface area contributed by atoms with Crippen molar-refractivity contribution in [3.05, 3.63) is 23.7 Å². The Balaban J connectivity index is 1.48. The Morgan fingerprint density at radius 1 is 1.21 bits per heavy atom. The van der Waals surface area contributed by atoms with Crippen molar-refractivity contribution in [1.82, 2.24) is 20.5 Å². The highest BCUT2D eigenvalue weighted by atomic mass is 16.4. The molecule has 102 valence electrons. The van der Waals surface area contributed by atoms with E-state index in [1.54, 1.807) is 6.20 Å². The van der Waals surface area contributed by atoms with Crippen LogP contribution in [0.1, 0.15) is 37.3 Å². The third-order valence-corrected chi connectivity index (χ3v) is 2.93. The Kier molecular flexibility index (Phi) is 3.45. The van der Waals surface area contributed by atoms with Gasteiger partial charge in [0.2, 0.25) is 11.8 Å². The molecule has 0 saturated heterocycles. The highest BCUT2D eigenvalue weighted by molar-refractivity contribution is 5.17. The molecule has 1 aliphatic rings. The number of aryl methyl sites for hydroxylation is 1. The predicted octanol–water partition coefficient (Wildman–Crippen LogP) is 1.48. The van der Waals surface area contributed by atoms with E-state index >= 15 is 0 Å². The van der Waals surface area contributed by atoms with E-state index in [-0.39, 0.29) is 0 Å². The van der Waals surface area contributed by atoms with Gasteiger partial charge in [0.05, 0.1) is 19.3 Å². The second-order valence-corrected chi connectivity index (χ2v) is 4.58. The maximum Gasteiger partial charge on any atom is 0.315 e. The topological polar surface area (TPSA) is 89.0 Å². The lowest BCUT2D eigenvalue weighted by Crippen LogP contribution is -2.15. The van der Waals surface area contributed by atoms with Gasteiger partial charge in [0.25, 0.3) is 0 Å². The zero-order valence-electron chi connectivity index (χ0n) is 10.8. The van der Waals surface area contributed by atoms with Crippen LogP contribution in [0.4, 0.5) is 6.01 Å². The van der Waals surface area contributed by atoms with Crippen LogP contribution in [0.3, 0.4) is 0 Å². The Morgan fingerprint density at radius 2 is 2.11 bits per heavy atom. The number of hydrogen-bond donors (Lipinski definition) is 2. The lowest BCUT2D eigenvalue weighted by Gasteiger charge is -1.97. The molecule has 0 amide bonds. The van der Waals surface area contributed by atoms with Crippen molar-refractivity contribution in [2.75, 3.05) is 5.32 Å². The molecule has 0 aromatic carbocycles. The second kappa shape index (κ2) is 5.40. The van der Waals surface area contributed by atoms with Gasteiger partial charge in [-0.3, -0.25) is 0 Å². The summed E-state index contributed by atoms with van der Waals surface area (Å²) in [6.07, 6.45) is 5.05. The quantitative estimate of drug-likeness (QED) is 0.782. The molecular formula is C12H17N5O2. The lowest BCUT2D eigenvalue weighted by molar-refractivity contribution is 0.454. The molecule has 3 rings (SSSR count). The summed E-state index contributed by atoms with van der Waals surface area (Å²) in [5.41, 5.74) is 0. The Labute approximate surface area is 110 Å². The minimum Gasteiger partial charge on any atom is -0.444 e. The van der Waals surface area contributed by atoms with E-state index in [9.17, 15) is 0 Å². The van der Waals surface area contributed by atoms with Crippen LogP contribution in [0, 0.1) is 0 Å². The Morgan fingerprint density at radius 3 is 2.84 bits per heavy atom. The van der Waals surface area contributed by atoms with Gasteiger partial charge in [-0.1, -0.05) is 12.0 Å². The fraction of sp³-hybridized carbons (Fsp3) is 0.583. The summed E-state index contributed by atoms with van der Waals surface area (Å²) in [4.78, 5) is 4.15. The smallest absolute Gasteiger partial charge is 0.315 e. The van der Waals surface area contributed by atoms with Gasteiger partial charge in [-0.15, -0.1) is 5.10 Å². The molecule has 0 radical (unpaired) electrons. The van der Waals surface area contributed by atoms with Crippen molar-refractivity contribution in [3.63, 3.8) is 0 Å². The zero-order valence-corrected chi connectivity index (χ0v) is 10.8. The zero-order chi connectivity index (χ0) is 13.1. The summed E-state index contributed by atoms with van der Waals surface area (Å²) >= 11 is 0. The van der Waals surface area contributed by atoms with Crippen LogP contribution in [0.5, 0.6) is 0 Å². The Bertz CT molecular complexity index is 532. The third-order valence-electron chi connectivity index (χ3n) is 2.93. The molecule has 2 aromatic heterocycles. The minimum absolute atomic E-state index is 0.392. The van der Waals surface area contributed by atoms with Gasteiger partial charge in [0, 0.05) is 12.5 Å². The van der Waals surface area contributed by atoms with Crippen LogP contribution in [-0.4, -0.2) is 21.2 Å². The number of hydrogen-bond acceptors (Lipinski definition) is 7. The van der Waals surface area contributed by atoms with Crippen molar-refractivity contribution in [2.45, 2.75) is 45.3 Å². The van der Waals surface area contributed by atoms with Gasteiger partial charge in [-0.25, -0.2) is 4.98 Å². The molecular weight excluding hydrogens is 246 g/mol. The number of aromatic nitrogens is 3. The fourth-order valence-corrected chi connectivity index (χ4v) is 1.66. The van der Waals surface area contributed by atoms with Crippen LogP contribution in [0.25, 0.3) is 0 Å². The molecule has 2 heterocycles. The number of anilines is 1. The van der Waals surface area contributed by atoms with Gasteiger partial charge < -0.3 is 19.5 Å². The van der Waals surface area contributed by atoms with E-state index in [4.69, 9.17) is 8.83 Å². The molecule has 7 nitrogen and oxygen atoms in total. The average Bonchev–Trinajstić information content (AvgIpc) is 2.97. The number of nitrogens with one attached hydrogen (secondary N) is 2. The van der Waals surface area contributed by atoms with Gasteiger partial charge in [-0.2, -0.15) is 0 Å². The van der Waals surface area contributed by atoms with Crippen LogP contribution in [-0.2, 0) is 19.5 Å². The molecule has 2 N–H and O–H groups in total. The molecule has 0 unspecified atom stereocenters. The van der Waals surface area contributed by atoms with E-state index in [0.29, 0.717) is 36.9 Å². The van der Waals surface area contributed by atoms with Crippen LogP contribution in [0.15, 0.2) is 15.0 Å². The van der Waals surface area contributed by atoms with Crippen molar-refractivity contribution < 1.29 is 8.83 Å². The molecule has 1 aliphatic carbocycles. The van der Waals surface area contributed by atoms with Gasteiger partial charge >= 0.3 is 6.01 Å². The first-order valence-corrected chi connectivity index (χ1v) is 6.56. The number of rotatable bonds is 7. The summed E-state index contributed by atoms with van der Waals surface area (Å²) in [5, 5.41) is 14.2. The maximum atomic E-state index is 5.47. The van der Waals surface area contributed by atoms with E-state index in [2.05, 4.69) is 25.8 Å². The van der Waals surface area contributed by atoms with Crippen molar-refractivity contribution in [2.24, 2.45) is 0 Å². The standard InChI is InChI=1S/C12H17N5O2/c1-2-9-5-14-10(18-9)6-15-12-17-16-11(19-12)7-13-8-3-4-8/h5,8,13H,2-4,6-7H2,1H3,(H,15,17). The minimum atomic E-state index is 0.392. The molecule has 1 saturated carbocycles. The first-order chi connectivity index (χ1) is 9.33. The average molecular weight is 263 g/mol. The summed E-state index contributed by atoms with van der Waals surface area (Å²) in [7, 11) is 0. The molecule has 0 aliphatic heterocycles. The van der Waals surface area contributed by atoms with E-state index in [0.717, 1.165) is 12.2 Å². The van der Waals surface area contributed by atoms with Crippen molar-refractivity contribution in [3.8, 4) is 0 Å². The first-order valence-electron chi connectivity index (χ1n) is 6.56. The number of oxazole rings is 1. The summed E-state index contributed by atoms with van der Waals surface area (Å²) in [6, 6.07) is 1.02. The molecule has 19 heavy (non-hydrogen) atoms. The highest BCUT2D eigenvalue weighted by Gasteiger charge is 2.21. The van der Waals surface area contributed by atoms with Gasteiger partial charge in [-0.05, 0) is 12.8 Å². The molecule has 0 atom stereocenters. The van der Waals surface area contributed by atoms with Gasteiger partial charge in [0.15, 0.2) is 0 Å².